The molecule has 0 aliphatic heterocycles. The molecule has 78 valence electrons. The van der Waals surface area contributed by atoms with E-state index in [9.17, 15) is 13.2 Å². The highest BCUT2D eigenvalue weighted by Gasteiger charge is 2.34. The van der Waals surface area contributed by atoms with Gasteiger partial charge in [0.1, 0.15) is 5.75 Å². The molecule has 0 heterocycles. The summed E-state index contributed by atoms with van der Waals surface area (Å²) in [6.07, 6.45) is -4.36. The fourth-order valence-corrected chi connectivity index (χ4v) is 1.68. The predicted octanol–water partition coefficient (Wildman–Crippen LogP) is 3.71. The van der Waals surface area contributed by atoms with Gasteiger partial charge < -0.3 is 4.74 Å². The lowest BCUT2D eigenvalue weighted by molar-refractivity contribution is -0.139. The number of hydrogen-bond acceptors (Lipinski definition) is 1. The van der Waals surface area contributed by atoms with Crippen LogP contribution >= 0.6 is 22.6 Å². The van der Waals surface area contributed by atoms with Crippen LogP contribution in [0.3, 0.4) is 0 Å². The molecular weight excluding hydrogens is 308 g/mol. The summed E-state index contributed by atoms with van der Waals surface area (Å²) in [4.78, 5) is 0. The van der Waals surface area contributed by atoms with Crippen molar-refractivity contribution >= 4 is 22.6 Å². The number of benzene rings is 1. The van der Waals surface area contributed by atoms with Crippen molar-refractivity contribution in [2.45, 2.75) is 13.1 Å². The third kappa shape index (κ3) is 2.52. The average Bonchev–Trinajstić information content (AvgIpc) is 2.07. The van der Waals surface area contributed by atoms with Crippen LogP contribution < -0.4 is 4.74 Å². The first-order chi connectivity index (χ1) is 6.46. The smallest absolute Gasteiger partial charge is 0.420 e. The predicted molar refractivity (Wildman–Crippen MR) is 55.3 cm³/mol. The second-order valence-electron chi connectivity index (χ2n) is 2.55. The molecule has 1 nitrogen and oxygen atoms in total. The minimum absolute atomic E-state index is 0.0805. The van der Waals surface area contributed by atoms with Crippen molar-refractivity contribution in [2.24, 2.45) is 0 Å². The van der Waals surface area contributed by atoms with Gasteiger partial charge in [-0.2, -0.15) is 13.2 Å². The van der Waals surface area contributed by atoms with E-state index in [1.165, 1.54) is 6.07 Å². The Labute approximate surface area is 93.4 Å². The van der Waals surface area contributed by atoms with Crippen LogP contribution in [-0.2, 0) is 6.18 Å². The van der Waals surface area contributed by atoms with E-state index in [1.807, 2.05) is 22.6 Å². The van der Waals surface area contributed by atoms with Crippen LogP contribution in [0.4, 0.5) is 13.2 Å². The zero-order chi connectivity index (χ0) is 10.8. The Balaban J connectivity index is 3.21. The summed E-state index contributed by atoms with van der Waals surface area (Å²) in [5.41, 5.74) is -0.716. The lowest BCUT2D eigenvalue weighted by Crippen LogP contribution is -2.09. The molecule has 0 aromatic heterocycles. The van der Waals surface area contributed by atoms with Crippen molar-refractivity contribution in [3.63, 3.8) is 0 Å². The second-order valence-corrected chi connectivity index (χ2v) is 3.71. The van der Waals surface area contributed by atoms with Crippen molar-refractivity contribution in [3.05, 3.63) is 27.3 Å². The number of rotatable bonds is 2. The van der Waals surface area contributed by atoms with Crippen molar-refractivity contribution in [1.29, 1.82) is 0 Å². The fraction of sp³-hybridized carbons (Fsp3) is 0.333. The topological polar surface area (TPSA) is 9.23 Å². The van der Waals surface area contributed by atoms with Gasteiger partial charge >= 0.3 is 6.18 Å². The molecule has 1 rings (SSSR count). The molecule has 0 spiro atoms. The molecular formula is C9H8F3IO. The Kier molecular flexibility index (Phi) is 3.63. The summed E-state index contributed by atoms with van der Waals surface area (Å²) in [5, 5.41) is 0. The molecule has 0 aliphatic carbocycles. The third-order valence-electron chi connectivity index (χ3n) is 1.56. The number of halogens is 4. The Hall–Kier alpha value is -0.460. The highest BCUT2D eigenvalue weighted by molar-refractivity contribution is 14.1. The van der Waals surface area contributed by atoms with Gasteiger partial charge in [0.15, 0.2) is 0 Å². The second kappa shape index (κ2) is 4.37. The molecule has 0 atom stereocenters. The fourth-order valence-electron chi connectivity index (χ4n) is 1.02. The number of hydrogen-bond donors (Lipinski definition) is 0. The molecule has 0 aliphatic rings. The molecule has 0 N–H and O–H groups in total. The maximum absolute atomic E-state index is 12.5. The Bertz CT molecular complexity index is 322. The first-order valence-corrected chi connectivity index (χ1v) is 5.03. The molecule has 0 amide bonds. The van der Waals surface area contributed by atoms with E-state index in [4.69, 9.17) is 4.74 Å². The normalized spacial score (nSPS) is 11.5. The van der Waals surface area contributed by atoms with E-state index in [2.05, 4.69) is 0 Å². The first kappa shape index (κ1) is 11.6. The van der Waals surface area contributed by atoms with Gasteiger partial charge in [0.2, 0.25) is 0 Å². The molecule has 0 radical (unpaired) electrons. The van der Waals surface area contributed by atoms with Crippen LogP contribution in [-0.4, -0.2) is 6.61 Å². The lowest BCUT2D eigenvalue weighted by atomic mass is 10.2. The van der Waals surface area contributed by atoms with Crippen molar-refractivity contribution < 1.29 is 17.9 Å². The number of alkyl halides is 3. The van der Waals surface area contributed by atoms with E-state index in [1.54, 1.807) is 13.0 Å². The largest absolute Gasteiger partial charge is 0.492 e. The van der Waals surface area contributed by atoms with E-state index in [-0.39, 0.29) is 12.4 Å². The number of para-hydroxylation sites is 1. The summed E-state index contributed by atoms with van der Waals surface area (Å²) >= 11 is 1.82. The van der Waals surface area contributed by atoms with Crippen LogP contribution in [0.2, 0.25) is 0 Å². The van der Waals surface area contributed by atoms with Gasteiger partial charge in [0.25, 0.3) is 0 Å². The number of ether oxygens (including phenoxy) is 1. The molecule has 14 heavy (non-hydrogen) atoms. The first-order valence-electron chi connectivity index (χ1n) is 3.95. The standard InChI is InChI=1S/C9H8F3IO/c1-2-14-8-6(9(10,11)12)4-3-5-7(8)13/h3-5H,2H2,1H3. The maximum Gasteiger partial charge on any atom is 0.420 e. The van der Waals surface area contributed by atoms with Crippen LogP contribution in [0.1, 0.15) is 12.5 Å². The Morgan fingerprint density at radius 1 is 1.36 bits per heavy atom. The van der Waals surface area contributed by atoms with Gasteiger partial charge in [-0.25, -0.2) is 0 Å². The third-order valence-corrected chi connectivity index (χ3v) is 2.41. The van der Waals surface area contributed by atoms with E-state index >= 15 is 0 Å². The summed E-state index contributed by atoms with van der Waals surface area (Å²) < 4.78 is 42.8. The van der Waals surface area contributed by atoms with Crippen molar-refractivity contribution in [1.82, 2.24) is 0 Å². The molecule has 0 saturated heterocycles. The van der Waals surface area contributed by atoms with E-state index in [0.717, 1.165) is 6.07 Å². The Morgan fingerprint density at radius 2 is 2.00 bits per heavy atom. The average molecular weight is 316 g/mol. The van der Waals surface area contributed by atoms with Crippen LogP contribution in [0.15, 0.2) is 18.2 Å². The van der Waals surface area contributed by atoms with Crippen LogP contribution in [0.25, 0.3) is 0 Å². The zero-order valence-corrected chi connectivity index (χ0v) is 9.52. The molecule has 1 aromatic carbocycles. The monoisotopic (exact) mass is 316 g/mol. The zero-order valence-electron chi connectivity index (χ0n) is 7.36. The van der Waals surface area contributed by atoms with Crippen LogP contribution in [0, 0.1) is 3.57 Å². The van der Waals surface area contributed by atoms with Gasteiger partial charge in [-0.1, -0.05) is 6.07 Å². The van der Waals surface area contributed by atoms with Crippen LogP contribution in [0.5, 0.6) is 5.75 Å². The van der Waals surface area contributed by atoms with Gasteiger partial charge in [-0.3, -0.25) is 0 Å². The molecule has 0 saturated carbocycles. The summed E-state index contributed by atoms with van der Waals surface area (Å²) in [5.74, 6) is -0.0805. The van der Waals surface area contributed by atoms with Gasteiger partial charge in [-0.15, -0.1) is 0 Å². The minimum atomic E-state index is -4.36. The molecule has 0 unspecified atom stereocenters. The molecule has 5 heteroatoms. The van der Waals surface area contributed by atoms with E-state index < -0.39 is 11.7 Å². The quantitative estimate of drug-likeness (QED) is 0.756. The van der Waals surface area contributed by atoms with E-state index in [0.29, 0.717) is 3.57 Å². The van der Waals surface area contributed by atoms with Crippen molar-refractivity contribution in [2.75, 3.05) is 6.61 Å². The lowest BCUT2D eigenvalue weighted by Gasteiger charge is -2.14. The summed E-state index contributed by atoms with van der Waals surface area (Å²) in [6, 6.07) is 3.97. The summed E-state index contributed by atoms with van der Waals surface area (Å²) in [6.45, 7) is 1.88. The Morgan fingerprint density at radius 3 is 2.50 bits per heavy atom. The van der Waals surface area contributed by atoms with Gasteiger partial charge in [-0.05, 0) is 41.6 Å². The van der Waals surface area contributed by atoms with Gasteiger partial charge in [0.05, 0.1) is 15.7 Å². The van der Waals surface area contributed by atoms with Crippen molar-refractivity contribution in [3.8, 4) is 5.75 Å². The maximum atomic E-state index is 12.5. The highest BCUT2D eigenvalue weighted by atomic mass is 127. The highest BCUT2D eigenvalue weighted by Crippen LogP contribution is 2.38. The summed E-state index contributed by atoms with van der Waals surface area (Å²) in [7, 11) is 0. The molecule has 0 fully saturated rings. The minimum Gasteiger partial charge on any atom is -0.492 e. The van der Waals surface area contributed by atoms with Gasteiger partial charge in [0, 0.05) is 0 Å². The molecule has 0 bridgehead atoms. The molecule has 1 aromatic rings. The SMILES string of the molecule is CCOc1c(I)cccc1C(F)(F)F.